The van der Waals surface area contributed by atoms with Gasteiger partial charge in [0.1, 0.15) is 0 Å². The Balaban J connectivity index is 1.43. The van der Waals surface area contributed by atoms with Crippen molar-refractivity contribution in [3.05, 3.63) is 133 Å². The standard InChI is InChI=1S/C32H22N2O/c35-32(25-12-5-2-6-13-25)33-26-18-15-24(16-19-26)30-21-28(22-9-3-1-4-10-22)31-27-14-8-7-11-23(27)17-20-29(31)34-30/h1-21H,(H,33,35). The summed E-state index contributed by atoms with van der Waals surface area (Å²) in [6.45, 7) is 0. The predicted octanol–water partition coefficient (Wildman–Crippen LogP) is 7.97. The molecule has 0 radical (unpaired) electrons. The first-order valence-electron chi connectivity index (χ1n) is 11.6. The van der Waals surface area contributed by atoms with E-state index < -0.39 is 0 Å². The van der Waals surface area contributed by atoms with Gasteiger partial charge in [0, 0.05) is 22.2 Å². The summed E-state index contributed by atoms with van der Waals surface area (Å²) in [5.41, 5.74) is 6.54. The van der Waals surface area contributed by atoms with Gasteiger partial charge in [0.25, 0.3) is 5.91 Å². The molecule has 1 amide bonds. The second-order valence-electron chi connectivity index (χ2n) is 8.50. The highest BCUT2D eigenvalue weighted by atomic mass is 16.1. The van der Waals surface area contributed by atoms with E-state index in [-0.39, 0.29) is 5.91 Å². The fourth-order valence-electron chi connectivity index (χ4n) is 4.52. The Morgan fingerprint density at radius 1 is 0.629 bits per heavy atom. The van der Waals surface area contributed by atoms with Crippen LogP contribution in [0.2, 0.25) is 0 Å². The van der Waals surface area contributed by atoms with Gasteiger partial charge in [-0.15, -0.1) is 0 Å². The van der Waals surface area contributed by atoms with E-state index >= 15 is 0 Å². The van der Waals surface area contributed by atoms with E-state index in [9.17, 15) is 4.79 Å². The van der Waals surface area contributed by atoms with Gasteiger partial charge in [-0.2, -0.15) is 0 Å². The first-order chi connectivity index (χ1) is 17.3. The molecule has 1 N–H and O–H groups in total. The molecule has 0 aliphatic carbocycles. The van der Waals surface area contributed by atoms with Crippen LogP contribution in [0.3, 0.4) is 0 Å². The molecular formula is C32H22N2O. The molecule has 0 saturated heterocycles. The third-order valence-corrected chi connectivity index (χ3v) is 6.26. The maximum atomic E-state index is 12.5. The molecule has 0 fully saturated rings. The van der Waals surface area contributed by atoms with Gasteiger partial charge >= 0.3 is 0 Å². The van der Waals surface area contributed by atoms with Crippen molar-refractivity contribution in [2.75, 3.05) is 5.32 Å². The van der Waals surface area contributed by atoms with E-state index in [1.54, 1.807) is 12.1 Å². The number of nitrogens with one attached hydrogen (secondary N) is 1. The molecule has 0 spiro atoms. The molecule has 6 aromatic rings. The monoisotopic (exact) mass is 450 g/mol. The second-order valence-corrected chi connectivity index (χ2v) is 8.50. The predicted molar refractivity (Wildman–Crippen MR) is 145 cm³/mol. The molecule has 3 nitrogen and oxygen atoms in total. The van der Waals surface area contributed by atoms with E-state index in [1.807, 2.05) is 48.5 Å². The maximum absolute atomic E-state index is 12.5. The number of amides is 1. The molecule has 0 aliphatic rings. The third kappa shape index (κ3) is 4.04. The fourth-order valence-corrected chi connectivity index (χ4v) is 4.52. The average molecular weight is 451 g/mol. The molecule has 35 heavy (non-hydrogen) atoms. The van der Waals surface area contributed by atoms with Gasteiger partial charge in [-0.25, -0.2) is 4.98 Å². The minimum atomic E-state index is -0.125. The van der Waals surface area contributed by atoms with Gasteiger partial charge in [-0.1, -0.05) is 91.0 Å². The third-order valence-electron chi connectivity index (χ3n) is 6.26. The quantitative estimate of drug-likeness (QED) is 0.277. The number of pyridine rings is 1. The number of hydrogen-bond donors (Lipinski definition) is 1. The van der Waals surface area contributed by atoms with Crippen LogP contribution in [0.15, 0.2) is 127 Å². The highest BCUT2D eigenvalue weighted by molar-refractivity contribution is 6.13. The summed E-state index contributed by atoms with van der Waals surface area (Å²) < 4.78 is 0. The van der Waals surface area contributed by atoms with Crippen LogP contribution in [0.1, 0.15) is 10.4 Å². The van der Waals surface area contributed by atoms with Crippen molar-refractivity contribution in [1.82, 2.24) is 4.98 Å². The number of hydrogen-bond acceptors (Lipinski definition) is 2. The molecular weight excluding hydrogens is 428 g/mol. The molecule has 166 valence electrons. The number of fused-ring (bicyclic) bond motifs is 3. The van der Waals surface area contributed by atoms with E-state index in [2.05, 4.69) is 72.0 Å². The van der Waals surface area contributed by atoms with Crippen molar-refractivity contribution < 1.29 is 4.79 Å². The van der Waals surface area contributed by atoms with Crippen LogP contribution in [0, 0.1) is 0 Å². The van der Waals surface area contributed by atoms with E-state index in [4.69, 9.17) is 4.98 Å². The number of anilines is 1. The molecule has 0 saturated carbocycles. The highest BCUT2D eigenvalue weighted by Gasteiger charge is 2.13. The Labute approximate surface area is 203 Å². The Kier molecular flexibility index (Phi) is 5.28. The molecule has 1 aromatic heterocycles. The van der Waals surface area contributed by atoms with Gasteiger partial charge in [0.15, 0.2) is 0 Å². The lowest BCUT2D eigenvalue weighted by atomic mass is 9.94. The van der Waals surface area contributed by atoms with Crippen molar-refractivity contribution in [3.63, 3.8) is 0 Å². The summed E-state index contributed by atoms with van der Waals surface area (Å²) in [6.07, 6.45) is 0. The second kappa shape index (κ2) is 8.88. The molecule has 0 unspecified atom stereocenters. The minimum Gasteiger partial charge on any atom is -0.322 e. The van der Waals surface area contributed by atoms with Gasteiger partial charge < -0.3 is 5.32 Å². The SMILES string of the molecule is O=C(Nc1ccc(-c2cc(-c3ccccc3)c3c(ccc4ccccc43)n2)cc1)c1ccccc1. The summed E-state index contributed by atoms with van der Waals surface area (Å²) >= 11 is 0. The zero-order valence-electron chi connectivity index (χ0n) is 19.0. The number of carbonyl (C=O) groups is 1. The van der Waals surface area contributed by atoms with Gasteiger partial charge in [0.2, 0.25) is 0 Å². The molecule has 0 aliphatic heterocycles. The smallest absolute Gasteiger partial charge is 0.255 e. The van der Waals surface area contributed by atoms with Gasteiger partial charge in [-0.05, 0) is 58.3 Å². The molecule has 0 bridgehead atoms. The number of carbonyl (C=O) groups excluding carboxylic acids is 1. The lowest BCUT2D eigenvalue weighted by Crippen LogP contribution is -2.11. The first kappa shape index (κ1) is 20.8. The molecule has 0 atom stereocenters. The van der Waals surface area contributed by atoms with Crippen molar-refractivity contribution >= 4 is 33.3 Å². The normalized spacial score (nSPS) is 11.0. The summed E-state index contributed by atoms with van der Waals surface area (Å²) in [4.78, 5) is 17.5. The van der Waals surface area contributed by atoms with Crippen LogP contribution in [0.25, 0.3) is 44.1 Å². The summed E-state index contributed by atoms with van der Waals surface area (Å²) in [5.74, 6) is -0.125. The van der Waals surface area contributed by atoms with Crippen LogP contribution in [0.4, 0.5) is 5.69 Å². The van der Waals surface area contributed by atoms with Crippen LogP contribution < -0.4 is 5.32 Å². The highest BCUT2D eigenvalue weighted by Crippen LogP contribution is 2.36. The van der Waals surface area contributed by atoms with Crippen molar-refractivity contribution in [1.29, 1.82) is 0 Å². The number of rotatable bonds is 4. The average Bonchev–Trinajstić information content (AvgIpc) is 2.93. The van der Waals surface area contributed by atoms with Crippen LogP contribution in [0.5, 0.6) is 0 Å². The van der Waals surface area contributed by atoms with Crippen molar-refractivity contribution in [2.24, 2.45) is 0 Å². The Hall–Kier alpha value is -4.76. The van der Waals surface area contributed by atoms with Crippen molar-refractivity contribution in [3.8, 4) is 22.4 Å². The Morgan fingerprint density at radius 2 is 1.31 bits per heavy atom. The molecule has 5 aromatic carbocycles. The lowest BCUT2D eigenvalue weighted by Gasteiger charge is -2.13. The zero-order valence-corrected chi connectivity index (χ0v) is 19.0. The van der Waals surface area contributed by atoms with Crippen molar-refractivity contribution in [2.45, 2.75) is 0 Å². The number of benzene rings is 5. The topological polar surface area (TPSA) is 42.0 Å². The minimum absolute atomic E-state index is 0.125. The van der Waals surface area contributed by atoms with E-state index in [0.717, 1.165) is 39.0 Å². The Morgan fingerprint density at radius 3 is 2.09 bits per heavy atom. The summed E-state index contributed by atoms with van der Waals surface area (Å²) in [7, 11) is 0. The van der Waals surface area contributed by atoms with Gasteiger partial charge in [0.05, 0.1) is 11.2 Å². The summed E-state index contributed by atoms with van der Waals surface area (Å²) in [5, 5.41) is 6.52. The maximum Gasteiger partial charge on any atom is 0.255 e. The van der Waals surface area contributed by atoms with E-state index in [1.165, 1.54) is 10.8 Å². The molecule has 3 heteroatoms. The number of nitrogens with zero attached hydrogens (tertiary/aromatic N) is 1. The fraction of sp³-hybridized carbons (Fsp3) is 0. The first-order valence-corrected chi connectivity index (χ1v) is 11.6. The van der Waals surface area contributed by atoms with Crippen LogP contribution in [-0.2, 0) is 0 Å². The van der Waals surface area contributed by atoms with Crippen LogP contribution in [-0.4, -0.2) is 10.9 Å². The lowest BCUT2D eigenvalue weighted by molar-refractivity contribution is 0.102. The largest absolute Gasteiger partial charge is 0.322 e. The summed E-state index contributed by atoms with van der Waals surface area (Å²) in [6, 6.07) is 42.4. The Bertz CT molecular complexity index is 1660. The van der Waals surface area contributed by atoms with E-state index in [0.29, 0.717) is 5.56 Å². The zero-order chi connectivity index (χ0) is 23.6. The molecule has 6 rings (SSSR count). The van der Waals surface area contributed by atoms with Crippen LogP contribution >= 0.6 is 0 Å². The molecule has 1 heterocycles. The number of aromatic nitrogens is 1. The van der Waals surface area contributed by atoms with Gasteiger partial charge in [-0.3, -0.25) is 4.79 Å².